The molecular weight excluding hydrogens is 186 g/mol. The summed E-state index contributed by atoms with van der Waals surface area (Å²) in [6, 6.07) is 0. The zero-order valence-electron chi connectivity index (χ0n) is 8.65. The minimum absolute atomic E-state index is 0.196. The average Bonchev–Trinajstić information content (AvgIpc) is 2.15. The Hall–Kier alpha value is -1.26. The van der Waals surface area contributed by atoms with Gasteiger partial charge in [-0.25, -0.2) is 4.79 Å². The van der Waals surface area contributed by atoms with Gasteiger partial charge in [0.15, 0.2) is 0 Å². The van der Waals surface area contributed by atoms with E-state index in [1.165, 1.54) is 12.0 Å². The summed E-state index contributed by atoms with van der Waals surface area (Å²) in [6.07, 6.45) is 2.11. The molecule has 82 valence electrons. The van der Waals surface area contributed by atoms with Crippen LogP contribution >= 0.6 is 0 Å². The van der Waals surface area contributed by atoms with Crippen LogP contribution in [0.2, 0.25) is 0 Å². The lowest BCUT2D eigenvalue weighted by molar-refractivity contribution is -0.137. The number of aliphatic carboxylic acids is 1. The van der Waals surface area contributed by atoms with Crippen molar-refractivity contribution < 1.29 is 19.4 Å². The molecule has 0 saturated carbocycles. The van der Waals surface area contributed by atoms with Gasteiger partial charge >= 0.3 is 12.1 Å². The summed E-state index contributed by atoms with van der Waals surface area (Å²) in [6.45, 7) is 0.603. The highest BCUT2D eigenvalue weighted by molar-refractivity contribution is 5.67. The smallest absolute Gasteiger partial charge is 0.409 e. The fourth-order valence-electron chi connectivity index (χ4n) is 1.05. The number of carbonyl (C=O) groups excluding carboxylic acids is 1. The van der Waals surface area contributed by atoms with E-state index in [9.17, 15) is 9.59 Å². The first kappa shape index (κ1) is 12.7. The molecule has 0 unspecified atom stereocenters. The molecule has 0 fully saturated rings. The quantitative estimate of drug-likeness (QED) is 0.661. The summed E-state index contributed by atoms with van der Waals surface area (Å²) in [5.74, 6) is -0.772. The maximum absolute atomic E-state index is 10.9. The number of hydrogen-bond acceptors (Lipinski definition) is 3. The molecule has 0 aromatic heterocycles. The minimum Gasteiger partial charge on any atom is -0.481 e. The molecule has 0 saturated heterocycles. The van der Waals surface area contributed by atoms with E-state index in [1.54, 1.807) is 7.05 Å². The van der Waals surface area contributed by atoms with Gasteiger partial charge in [0.2, 0.25) is 0 Å². The molecule has 0 aromatic rings. The summed E-state index contributed by atoms with van der Waals surface area (Å²) >= 11 is 0. The first-order valence-corrected chi connectivity index (χ1v) is 4.58. The van der Waals surface area contributed by atoms with Gasteiger partial charge in [0.05, 0.1) is 7.11 Å². The van der Waals surface area contributed by atoms with Crippen molar-refractivity contribution in [3.8, 4) is 0 Å². The number of carbonyl (C=O) groups is 2. The molecule has 0 aromatic carbocycles. The fraction of sp³-hybridized carbons (Fsp3) is 0.778. The maximum Gasteiger partial charge on any atom is 0.409 e. The fourth-order valence-corrected chi connectivity index (χ4v) is 1.05. The second-order valence-corrected chi connectivity index (χ2v) is 3.10. The van der Waals surface area contributed by atoms with Crippen molar-refractivity contribution in [2.75, 3.05) is 20.7 Å². The normalized spacial score (nSPS) is 9.57. The molecule has 1 N–H and O–H groups in total. The standard InChI is InChI=1S/C9H17NO4/c1-10(9(13)14-2)7-5-3-4-6-8(11)12/h3-7H2,1-2H3,(H,11,12). The van der Waals surface area contributed by atoms with E-state index in [0.29, 0.717) is 13.0 Å². The van der Waals surface area contributed by atoms with E-state index in [2.05, 4.69) is 4.74 Å². The Morgan fingerprint density at radius 1 is 1.29 bits per heavy atom. The number of carboxylic acids is 1. The predicted molar refractivity (Wildman–Crippen MR) is 51.1 cm³/mol. The average molecular weight is 203 g/mol. The largest absolute Gasteiger partial charge is 0.481 e. The van der Waals surface area contributed by atoms with Crippen molar-refractivity contribution >= 4 is 12.1 Å². The lowest BCUT2D eigenvalue weighted by atomic mass is 10.2. The van der Waals surface area contributed by atoms with Gasteiger partial charge in [0.1, 0.15) is 0 Å². The van der Waals surface area contributed by atoms with Crippen LogP contribution in [0, 0.1) is 0 Å². The molecule has 1 amide bonds. The second kappa shape index (κ2) is 7.17. The van der Waals surface area contributed by atoms with Gasteiger partial charge in [-0.2, -0.15) is 0 Å². The number of hydrogen-bond donors (Lipinski definition) is 1. The van der Waals surface area contributed by atoms with Gasteiger partial charge < -0.3 is 14.7 Å². The highest BCUT2D eigenvalue weighted by Crippen LogP contribution is 2.01. The number of ether oxygens (including phenoxy) is 1. The van der Waals surface area contributed by atoms with Crippen molar-refractivity contribution in [1.29, 1.82) is 0 Å². The van der Waals surface area contributed by atoms with E-state index in [1.807, 2.05) is 0 Å². The first-order valence-electron chi connectivity index (χ1n) is 4.58. The molecule has 0 aliphatic heterocycles. The number of carboxylic acid groups (broad SMARTS) is 1. The van der Waals surface area contributed by atoms with Gasteiger partial charge in [-0.15, -0.1) is 0 Å². The van der Waals surface area contributed by atoms with E-state index in [0.717, 1.165) is 12.8 Å². The molecule has 0 aliphatic carbocycles. The van der Waals surface area contributed by atoms with Crippen molar-refractivity contribution in [1.82, 2.24) is 4.90 Å². The Morgan fingerprint density at radius 3 is 2.43 bits per heavy atom. The molecule has 0 heterocycles. The van der Waals surface area contributed by atoms with Crippen LogP contribution in [-0.4, -0.2) is 42.8 Å². The van der Waals surface area contributed by atoms with E-state index in [-0.39, 0.29) is 12.5 Å². The number of rotatable bonds is 6. The molecule has 0 rings (SSSR count). The van der Waals surface area contributed by atoms with Crippen LogP contribution in [0.4, 0.5) is 4.79 Å². The monoisotopic (exact) mass is 203 g/mol. The molecular formula is C9H17NO4. The van der Waals surface area contributed by atoms with Gasteiger partial charge in [0.25, 0.3) is 0 Å². The molecule has 14 heavy (non-hydrogen) atoms. The van der Waals surface area contributed by atoms with Crippen LogP contribution in [0.3, 0.4) is 0 Å². The van der Waals surface area contributed by atoms with Crippen molar-refractivity contribution in [2.24, 2.45) is 0 Å². The SMILES string of the molecule is COC(=O)N(C)CCCCCC(=O)O. The molecule has 0 aliphatic rings. The molecule has 5 heteroatoms. The Kier molecular flexibility index (Phi) is 6.53. The Balaban J connectivity index is 3.36. The lowest BCUT2D eigenvalue weighted by Crippen LogP contribution is -2.27. The number of amides is 1. The van der Waals surface area contributed by atoms with Crippen LogP contribution < -0.4 is 0 Å². The summed E-state index contributed by atoms with van der Waals surface area (Å²) in [5.41, 5.74) is 0. The molecule has 5 nitrogen and oxygen atoms in total. The van der Waals surface area contributed by atoms with E-state index < -0.39 is 5.97 Å². The lowest BCUT2D eigenvalue weighted by Gasteiger charge is -2.14. The second-order valence-electron chi connectivity index (χ2n) is 3.10. The summed E-state index contributed by atoms with van der Waals surface area (Å²) < 4.78 is 4.50. The topological polar surface area (TPSA) is 66.8 Å². The van der Waals surface area contributed by atoms with Crippen LogP contribution in [0.15, 0.2) is 0 Å². The van der Waals surface area contributed by atoms with E-state index >= 15 is 0 Å². The van der Waals surface area contributed by atoms with Gasteiger partial charge in [-0.3, -0.25) is 4.79 Å². The van der Waals surface area contributed by atoms with Gasteiger partial charge in [-0.1, -0.05) is 6.42 Å². The van der Waals surface area contributed by atoms with Crippen LogP contribution in [0.5, 0.6) is 0 Å². The number of methoxy groups -OCH3 is 1. The molecule has 0 spiro atoms. The zero-order valence-corrected chi connectivity index (χ0v) is 8.65. The Morgan fingerprint density at radius 2 is 1.93 bits per heavy atom. The van der Waals surface area contributed by atoms with Gasteiger partial charge in [0, 0.05) is 20.0 Å². The first-order chi connectivity index (χ1) is 6.57. The van der Waals surface area contributed by atoms with Crippen LogP contribution in [-0.2, 0) is 9.53 Å². The van der Waals surface area contributed by atoms with E-state index in [4.69, 9.17) is 5.11 Å². The third-order valence-corrected chi connectivity index (χ3v) is 1.87. The third kappa shape index (κ3) is 6.28. The van der Waals surface area contributed by atoms with Gasteiger partial charge in [-0.05, 0) is 12.8 Å². The highest BCUT2D eigenvalue weighted by Gasteiger charge is 2.06. The van der Waals surface area contributed by atoms with Crippen LogP contribution in [0.25, 0.3) is 0 Å². The van der Waals surface area contributed by atoms with Crippen LogP contribution in [0.1, 0.15) is 25.7 Å². The van der Waals surface area contributed by atoms with Crippen molar-refractivity contribution in [3.63, 3.8) is 0 Å². The zero-order chi connectivity index (χ0) is 11.0. The summed E-state index contributed by atoms with van der Waals surface area (Å²) in [4.78, 5) is 22.5. The molecule has 0 atom stereocenters. The van der Waals surface area contributed by atoms with Crippen molar-refractivity contribution in [3.05, 3.63) is 0 Å². The number of unbranched alkanes of at least 4 members (excludes halogenated alkanes) is 2. The molecule has 0 bridgehead atoms. The van der Waals surface area contributed by atoms with Crippen molar-refractivity contribution in [2.45, 2.75) is 25.7 Å². The maximum atomic E-state index is 10.9. The third-order valence-electron chi connectivity index (χ3n) is 1.87. The highest BCUT2D eigenvalue weighted by atomic mass is 16.5. The predicted octanol–water partition coefficient (Wildman–Crippen LogP) is 1.33. The summed E-state index contributed by atoms with van der Waals surface area (Å²) in [5, 5.41) is 8.36. The Bertz CT molecular complexity index is 193. The number of nitrogens with zero attached hydrogens (tertiary/aromatic N) is 1. The Labute approximate surface area is 83.6 Å². The summed E-state index contributed by atoms with van der Waals surface area (Å²) in [7, 11) is 2.99. The minimum atomic E-state index is -0.772. The molecule has 0 radical (unpaired) electrons.